The quantitative estimate of drug-likeness (QED) is 0.880. The first-order chi connectivity index (χ1) is 13.0. The van der Waals surface area contributed by atoms with Crippen LogP contribution in [0.2, 0.25) is 0 Å². The van der Waals surface area contributed by atoms with Gasteiger partial charge in [-0.05, 0) is 23.3 Å². The van der Waals surface area contributed by atoms with Gasteiger partial charge in [0.15, 0.2) is 0 Å². The average molecular weight is 368 g/mol. The molecule has 0 spiro atoms. The van der Waals surface area contributed by atoms with E-state index in [2.05, 4.69) is 5.32 Å². The normalized spacial score (nSPS) is 19.3. The molecular formula is C22H25FN2O2. The van der Waals surface area contributed by atoms with E-state index >= 15 is 0 Å². The number of carbonyl (C=O) groups excluding carboxylic acids is 2. The molecule has 0 saturated carbocycles. The van der Waals surface area contributed by atoms with Gasteiger partial charge in [0.2, 0.25) is 11.8 Å². The van der Waals surface area contributed by atoms with E-state index in [1.807, 2.05) is 50.2 Å². The zero-order valence-corrected chi connectivity index (χ0v) is 15.7. The van der Waals surface area contributed by atoms with E-state index in [1.54, 1.807) is 11.0 Å². The summed E-state index contributed by atoms with van der Waals surface area (Å²) in [5, 5.41) is 2.97. The van der Waals surface area contributed by atoms with Gasteiger partial charge >= 0.3 is 0 Å². The lowest BCUT2D eigenvalue weighted by Gasteiger charge is -2.18. The highest BCUT2D eigenvalue weighted by molar-refractivity contribution is 5.84. The van der Waals surface area contributed by atoms with Crippen LogP contribution in [0.3, 0.4) is 0 Å². The molecule has 2 atom stereocenters. The fraction of sp³-hybridized carbons (Fsp3) is 0.364. The minimum atomic E-state index is -0.391. The Kier molecular flexibility index (Phi) is 5.89. The summed E-state index contributed by atoms with van der Waals surface area (Å²) in [4.78, 5) is 27.1. The van der Waals surface area contributed by atoms with Crippen molar-refractivity contribution >= 4 is 11.8 Å². The van der Waals surface area contributed by atoms with Crippen LogP contribution in [0.1, 0.15) is 30.9 Å². The molecular weight excluding hydrogens is 343 g/mol. The Bertz CT molecular complexity index is 807. The summed E-state index contributed by atoms with van der Waals surface area (Å²) >= 11 is 0. The summed E-state index contributed by atoms with van der Waals surface area (Å²) in [7, 11) is 0. The molecule has 2 amide bonds. The average Bonchev–Trinajstić information content (AvgIpc) is 3.11. The molecule has 4 nitrogen and oxygen atoms in total. The molecule has 1 saturated heterocycles. The fourth-order valence-electron chi connectivity index (χ4n) is 3.61. The van der Waals surface area contributed by atoms with E-state index in [4.69, 9.17) is 0 Å². The monoisotopic (exact) mass is 368 g/mol. The maximum Gasteiger partial charge on any atom is 0.225 e. The molecule has 1 N–H and O–H groups in total. The van der Waals surface area contributed by atoms with E-state index in [0.29, 0.717) is 19.6 Å². The van der Waals surface area contributed by atoms with Crippen molar-refractivity contribution in [3.05, 3.63) is 71.5 Å². The SMILES string of the molecule is CC(C)C(=O)N1CC(C(=O)NCc2ccccc2)C(c2cccc(F)c2)C1. The van der Waals surface area contributed by atoms with Crippen LogP contribution < -0.4 is 5.32 Å². The van der Waals surface area contributed by atoms with Gasteiger partial charge in [-0.1, -0.05) is 56.3 Å². The first kappa shape index (κ1) is 19.1. The number of likely N-dealkylation sites (tertiary alicyclic amines) is 1. The second kappa shape index (κ2) is 8.33. The smallest absolute Gasteiger partial charge is 0.225 e. The Hall–Kier alpha value is -2.69. The molecule has 2 aromatic carbocycles. The van der Waals surface area contributed by atoms with E-state index in [1.165, 1.54) is 12.1 Å². The minimum Gasteiger partial charge on any atom is -0.352 e. The molecule has 0 aromatic heterocycles. The molecule has 5 heteroatoms. The number of carbonyl (C=O) groups is 2. The molecule has 1 aliphatic heterocycles. The number of rotatable bonds is 5. The Morgan fingerprint density at radius 2 is 1.85 bits per heavy atom. The van der Waals surface area contributed by atoms with Gasteiger partial charge in [-0.3, -0.25) is 9.59 Å². The predicted octanol–water partition coefficient (Wildman–Crippen LogP) is 3.34. The van der Waals surface area contributed by atoms with Gasteiger partial charge in [0.25, 0.3) is 0 Å². The standard InChI is InChI=1S/C22H25FN2O2/c1-15(2)22(27)25-13-19(17-9-6-10-18(23)11-17)20(14-25)21(26)24-12-16-7-4-3-5-8-16/h3-11,15,19-20H,12-14H2,1-2H3,(H,24,26). The molecule has 1 aliphatic rings. The Morgan fingerprint density at radius 3 is 2.52 bits per heavy atom. The molecule has 1 heterocycles. The number of benzene rings is 2. The molecule has 1 fully saturated rings. The first-order valence-electron chi connectivity index (χ1n) is 9.31. The lowest BCUT2D eigenvalue weighted by molar-refractivity contribution is -0.133. The predicted molar refractivity (Wildman–Crippen MR) is 102 cm³/mol. The molecule has 142 valence electrons. The summed E-state index contributed by atoms with van der Waals surface area (Å²) < 4.78 is 13.7. The third-order valence-corrected chi connectivity index (χ3v) is 5.05. The summed E-state index contributed by atoms with van der Waals surface area (Å²) in [5.74, 6) is -1.15. The van der Waals surface area contributed by atoms with Crippen LogP contribution in [-0.2, 0) is 16.1 Å². The maximum atomic E-state index is 13.7. The fourth-order valence-corrected chi connectivity index (χ4v) is 3.61. The molecule has 3 rings (SSSR count). The van der Waals surface area contributed by atoms with Crippen molar-refractivity contribution in [3.8, 4) is 0 Å². The Morgan fingerprint density at radius 1 is 1.11 bits per heavy atom. The number of halogens is 1. The lowest BCUT2D eigenvalue weighted by atomic mass is 9.88. The van der Waals surface area contributed by atoms with Crippen LogP contribution in [0, 0.1) is 17.7 Å². The van der Waals surface area contributed by atoms with Gasteiger partial charge in [-0.25, -0.2) is 4.39 Å². The molecule has 0 radical (unpaired) electrons. The number of hydrogen-bond donors (Lipinski definition) is 1. The number of amides is 2. The van der Waals surface area contributed by atoms with E-state index in [9.17, 15) is 14.0 Å². The van der Waals surface area contributed by atoms with Crippen molar-refractivity contribution in [2.24, 2.45) is 11.8 Å². The largest absolute Gasteiger partial charge is 0.352 e. The first-order valence-corrected chi connectivity index (χ1v) is 9.31. The lowest BCUT2D eigenvalue weighted by Crippen LogP contribution is -2.36. The van der Waals surface area contributed by atoms with Crippen LogP contribution >= 0.6 is 0 Å². The molecule has 0 aliphatic carbocycles. The van der Waals surface area contributed by atoms with Crippen molar-refractivity contribution < 1.29 is 14.0 Å². The van der Waals surface area contributed by atoms with Crippen molar-refractivity contribution in [1.82, 2.24) is 10.2 Å². The van der Waals surface area contributed by atoms with Crippen LogP contribution in [0.15, 0.2) is 54.6 Å². The van der Waals surface area contributed by atoms with Gasteiger partial charge < -0.3 is 10.2 Å². The van der Waals surface area contributed by atoms with Gasteiger partial charge in [0.05, 0.1) is 5.92 Å². The second-order valence-electron chi connectivity index (χ2n) is 7.37. The zero-order valence-electron chi connectivity index (χ0n) is 15.7. The van der Waals surface area contributed by atoms with Crippen LogP contribution in [-0.4, -0.2) is 29.8 Å². The minimum absolute atomic E-state index is 0.0229. The van der Waals surface area contributed by atoms with Gasteiger partial charge in [-0.15, -0.1) is 0 Å². The van der Waals surface area contributed by atoms with Crippen LogP contribution in [0.25, 0.3) is 0 Å². The zero-order chi connectivity index (χ0) is 19.4. The molecule has 2 aromatic rings. The van der Waals surface area contributed by atoms with Crippen molar-refractivity contribution in [3.63, 3.8) is 0 Å². The van der Waals surface area contributed by atoms with Crippen molar-refractivity contribution in [2.45, 2.75) is 26.3 Å². The van der Waals surface area contributed by atoms with Crippen LogP contribution in [0.4, 0.5) is 4.39 Å². The Balaban J connectivity index is 1.78. The summed E-state index contributed by atoms with van der Waals surface area (Å²) in [6.45, 7) is 4.93. The highest BCUT2D eigenvalue weighted by atomic mass is 19.1. The van der Waals surface area contributed by atoms with Crippen molar-refractivity contribution in [2.75, 3.05) is 13.1 Å². The highest BCUT2D eigenvalue weighted by Crippen LogP contribution is 2.34. The molecule has 27 heavy (non-hydrogen) atoms. The second-order valence-corrected chi connectivity index (χ2v) is 7.37. The summed E-state index contributed by atoms with van der Waals surface area (Å²) in [6, 6.07) is 16.0. The third-order valence-electron chi connectivity index (χ3n) is 5.05. The summed E-state index contributed by atoms with van der Waals surface area (Å²) in [5.41, 5.74) is 1.77. The topological polar surface area (TPSA) is 49.4 Å². The number of hydrogen-bond acceptors (Lipinski definition) is 2. The summed E-state index contributed by atoms with van der Waals surface area (Å²) in [6.07, 6.45) is 0. The molecule has 2 unspecified atom stereocenters. The Labute approximate surface area is 159 Å². The highest BCUT2D eigenvalue weighted by Gasteiger charge is 2.40. The van der Waals surface area contributed by atoms with E-state index in [-0.39, 0.29) is 29.5 Å². The molecule has 0 bridgehead atoms. The van der Waals surface area contributed by atoms with E-state index in [0.717, 1.165) is 11.1 Å². The third kappa shape index (κ3) is 4.54. The van der Waals surface area contributed by atoms with Gasteiger partial charge in [-0.2, -0.15) is 0 Å². The number of nitrogens with one attached hydrogen (secondary N) is 1. The van der Waals surface area contributed by atoms with Gasteiger partial charge in [0, 0.05) is 31.5 Å². The number of nitrogens with zero attached hydrogens (tertiary/aromatic N) is 1. The van der Waals surface area contributed by atoms with Gasteiger partial charge in [0.1, 0.15) is 5.82 Å². The van der Waals surface area contributed by atoms with Crippen molar-refractivity contribution in [1.29, 1.82) is 0 Å². The van der Waals surface area contributed by atoms with Crippen LogP contribution in [0.5, 0.6) is 0 Å². The maximum absolute atomic E-state index is 13.7. The van der Waals surface area contributed by atoms with E-state index < -0.39 is 5.92 Å².